The number of anilines is 1. The molecule has 1 aromatic heterocycles. The Kier molecular flexibility index (Phi) is 7.45. The average molecular weight is 499 g/mol. The minimum atomic E-state index is -3.13. The van der Waals surface area contributed by atoms with Gasteiger partial charge in [0, 0.05) is 29.6 Å². The number of alkyl halides is 2. The van der Waals surface area contributed by atoms with Crippen LogP contribution in [0.1, 0.15) is 42.5 Å². The number of amides is 3. The third-order valence-corrected chi connectivity index (χ3v) is 6.94. The Morgan fingerprint density at radius 1 is 1.19 bits per heavy atom. The fourth-order valence-corrected chi connectivity index (χ4v) is 4.87. The van der Waals surface area contributed by atoms with Gasteiger partial charge in [0.2, 0.25) is 11.8 Å². The Balaban J connectivity index is 1.43. The molecule has 2 heterocycles. The van der Waals surface area contributed by atoms with Crippen LogP contribution in [0.15, 0.2) is 30.5 Å². The van der Waals surface area contributed by atoms with Gasteiger partial charge in [-0.1, -0.05) is 0 Å². The molecule has 1 aliphatic heterocycles. The van der Waals surface area contributed by atoms with E-state index in [-0.39, 0.29) is 17.4 Å². The highest BCUT2D eigenvalue weighted by Gasteiger charge is 2.47. The normalized spacial score (nSPS) is 23.2. The van der Waals surface area contributed by atoms with Crippen LogP contribution in [-0.4, -0.2) is 59.2 Å². The number of halogens is 2. The summed E-state index contributed by atoms with van der Waals surface area (Å²) in [4.78, 5) is 43.1. The Labute approximate surface area is 207 Å². The van der Waals surface area contributed by atoms with Crippen molar-refractivity contribution in [1.29, 1.82) is 5.26 Å². The zero-order valence-electron chi connectivity index (χ0n) is 19.7. The van der Waals surface area contributed by atoms with Crippen molar-refractivity contribution >= 4 is 34.3 Å². The minimum absolute atomic E-state index is 0.0835. The highest BCUT2D eigenvalue weighted by Crippen LogP contribution is 2.32. The lowest BCUT2D eigenvalue weighted by atomic mass is 9.81. The van der Waals surface area contributed by atoms with Gasteiger partial charge in [-0.15, -0.1) is 0 Å². The zero-order chi connectivity index (χ0) is 25.9. The number of nitriles is 1. The van der Waals surface area contributed by atoms with Crippen molar-refractivity contribution in [2.45, 2.75) is 44.1 Å². The number of nitrogens with two attached hydrogens (primary N) is 1. The molecule has 11 heteroatoms. The van der Waals surface area contributed by atoms with E-state index >= 15 is 0 Å². The summed E-state index contributed by atoms with van der Waals surface area (Å²) in [5.41, 5.74) is 6.98. The first kappa shape index (κ1) is 25.4. The van der Waals surface area contributed by atoms with Gasteiger partial charge in [-0.2, -0.15) is 5.26 Å². The lowest BCUT2D eigenvalue weighted by Crippen LogP contribution is -2.43. The van der Waals surface area contributed by atoms with Crippen LogP contribution in [0.4, 0.5) is 14.5 Å². The van der Waals surface area contributed by atoms with Crippen molar-refractivity contribution in [3.8, 4) is 6.07 Å². The molecule has 1 atom stereocenters. The van der Waals surface area contributed by atoms with Gasteiger partial charge in [-0.05, 0) is 62.4 Å². The molecule has 0 radical (unpaired) electrons. The monoisotopic (exact) mass is 498 g/mol. The predicted octanol–water partition coefficient (Wildman–Crippen LogP) is 2.43. The minimum Gasteiger partial charge on any atom is -0.343 e. The number of carbonyl (C=O) groups excluding carboxylic acids is 3. The first-order chi connectivity index (χ1) is 17.2. The number of fused-ring (bicyclic) bond motifs is 1. The van der Waals surface area contributed by atoms with Crippen molar-refractivity contribution in [2.24, 2.45) is 17.6 Å². The van der Waals surface area contributed by atoms with Crippen LogP contribution in [0.3, 0.4) is 0 Å². The SMILES string of the molecule is N#C[C@@H]1CC(F)(F)CN1C(=O)CNC(=O)c1ccnc2ccc(NC(=O)[C@H]3CC[C@H](CN)CC3)cc12. The number of pyridine rings is 1. The van der Waals surface area contributed by atoms with E-state index in [1.54, 1.807) is 24.3 Å². The van der Waals surface area contributed by atoms with Gasteiger partial charge < -0.3 is 21.3 Å². The number of benzene rings is 1. The van der Waals surface area contributed by atoms with Crippen LogP contribution in [-0.2, 0) is 9.59 Å². The Morgan fingerprint density at radius 2 is 1.94 bits per heavy atom. The molecule has 1 aliphatic carbocycles. The van der Waals surface area contributed by atoms with Crippen LogP contribution in [0, 0.1) is 23.2 Å². The molecule has 4 rings (SSSR count). The summed E-state index contributed by atoms with van der Waals surface area (Å²) in [6.45, 7) is -0.750. The Bertz CT molecular complexity index is 1210. The largest absolute Gasteiger partial charge is 0.343 e. The smallest absolute Gasteiger partial charge is 0.268 e. The molecular formula is C25H28F2N6O3. The molecule has 2 aromatic rings. The first-order valence-electron chi connectivity index (χ1n) is 12.0. The number of nitrogens with one attached hydrogen (secondary N) is 2. The molecule has 0 unspecified atom stereocenters. The molecule has 4 N–H and O–H groups in total. The van der Waals surface area contributed by atoms with Crippen LogP contribution in [0.25, 0.3) is 10.9 Å². The first-order valence-corrected chi connectivity index (χ1v) is 12.0. The predicted molar refractivity (Wildman–Crippen MR) is 128 cm³/mol. The van der Waals surface area contributed by atoms with Gasteiger partial charge in [0.1, 0.15) is 6.04 Å². The van der Waals surface area contributed by atoms with E-state index in [1.165, 1.54) is 12.3 Å². The quantitative estimate of drug-likeness (QED) is 0.559. The van der Waals surface area contributed by atoms with Gasteiger partial charge in [0.15, 0.2) is 0 Å². The van der Waals surface area contributed by atoms with Gasteiger partial charge in [0.25, 0.3) is 11.8 Å². The molecule has 0 bridgehead atoms. The maximum Gasteiger partial charge on any atom is 0.268 e. The molecule has 9 nitrogen and oxygen atoms in total. The van der Waals surface area contributed by atoms with E-state index < -0.39 is 43.3 Å². The Morgan fingerprint density at radius 3 is 2.64 bits per heavy atom. The van der Waals surface area contributed by atoms with E-state index in [0.717, 1.165) is 30.6 Å². The highest BCUT2D eigenvalue weighted by molar-refractivity contribution is 6.08. The summed E-state index contributed by atoms with van der Waals surface area (Å²) in [6, 6.07) is 6.99. The topological polar surface area (TPSA) is 141 Å². The molecule has 1 saturated heterocycles. The van der Waals surface area contributed by atoms with Crippen molar-refractivity contribution in [1.82, 2.24) is 15.2 Å². The lowest BCUT2D eigenvalue weighted by molar-refractivity contribution is -0.131. The van der Waals surface area contributed by atoms with Gasteiger partial charge >= 0.3 is 0 Å². The van der Waals surface area contributed by atoms with Crippen molar-refractivity contribution in [2.75, 3.05) is 25.0 Å². The fraction of sp³-hybridized carbons (Fsp3) is 0.480. The van der Waals surface area contributed by atoms with Crippen LogP contribution >= 0.6 is 0 Å². The molecule has 3 amide bonds. The number of hydrogen-bond acceptors (Lipinski definition) is 6. The van der Waals surface area contributed by atoms with E-state index in [2.05, 4.69) is 15.6 Å². The second kappa shape index (κ2) is 10.5. The van der Waals surface area contributed by atoms with Crippen LogP contribution in [0.5, 0.6) is 0 Å². The molecule has 190 valence electrons. The molecule has 36 heavy (non-hydrogen) atoms. The molecule has 2 aliphatic rings. The third kappa shape index (κ3) is 5.60. The maximum atomic E-state index is 13.6. The maximum absolute atomic E-state index is 13.6. The fourth-order valence-electron chi connectivity index (χ4n) is 4.87. The van der Waals surface area contributed by atoms with Gasteiger partial charge in [0.05, 0.1) is 30.2 Å². The van der Waals surface area contributed by atoms with Crippen molar-refractivity contribution in [3.63, 3.8) is 0 Å². The highest BCUT2D eigenvalue weighted by atomic mass is 19.3. The zero-order valence-corrected chi connectivity index (χ0v) is 19.7. The standard InChI is InChI=1S/C25H28F2N6O3/c26-25(27)10-18(12-29)33(14-25)22(34)13-31-24(36)19-7-8-30-21-6-5-17(9-20(19)21)32-23(35)16-3-1-15(11-28)2-4-16/h5-9,15-16,18H,1-4,10-11,13-14,28H2,(H,31,36)(H,32,35)/t15-,16-,18-/m0/s1. The van der Waals surface area contributed by atoms with E-state index in [1.807, 2.05) is 0 Å². The summed E-state index contributed by atoms with van der Waals surface area (Å²) in [5.74, 6) is -4.21. The summed E-state index contributed by atoms with van der Waals surface area (Å²) in [5, 5.41) is 14.9. The molecule has 2 fully saturated rings. The number of aromatic nitrogens is 1. The van der Waals surface area contributed by atoms with E-state index in [4.69, 9.17) is 11.0 Å². The van der Waals surface area contributed by atoms with E-state index in [9.17, 15) is 23.2 Å². The molecular weight excluding hydrogens is 470 g/mol. The number of hydrogen-bond donors (Lipinski definition) is 3. The molecule has 1 aromatic carbocycles. The summed E-state index contributed by atoms with van der Waals surface area (Å²) in [6.07, 6.45) is 4.12. The average Bonchev–Trinajstić information content (AvgIpc) is 3.21. The lowest BCUT2D eigenvalue weighted by Gasteiger charge is -2.26. The summed E-state index contributed by atoms with van der Waals surface area (Å²) < 4.78 is 27.3. The second-order valence-corrected chi connectivity index (χ2v) is 9.44. The summed E-state index contributed by atoms with van der Waals surface area (Å²) >= 11 is 0. The van der Waals surface area contributed by atoms with Crippen molar-refractivity contribution < 1.29 is 23.2 Å². The second-order valence-electron chi connectivity index (χ2n) is 9.44. The van der Waals surface area contributed by atoms with Crippen molar-refractivity contribution in [3.05, 3.63) is 36.0 Å². The third-order valence-electron chi connectivity index (χ3n) is 6.94. The molecule has 0 spiro atoms. The molecule has 1 saturated carbocycles. The van der Waals surface area contributed by atoms with Crippen LogP contribution in [0.2, 0.25) is 0 Å². The number of carbonyl (C=O) groups is 3. The number of likely N-dealkylation sites (tertiary alicyclic amines) is 1. The summed E-state index contributed by atoms with van der Waals surface area (Å²) in [7, 11) is 0. The Hall–Kier alpha value is -3.65. The van der Waals surface area contributed by atoms with E-state index in [0.29, 0.717) is 29.1 Å². The van der Waals surface area contributed by atoms with Gasteiger partial charge in [-0.25, -0.2) is 8.78 Å². The number of nitrogens with zero attached hydrogens (tertiary/aromatic N) is 3. The van der Waals surface area contributed by atoms with Gasteiger partial charge in [-0.3, -0.25) is 19.4 Å². The van der Waals surface area contributed by atoms with Crippen LogP contribution < -0.4 is 16.4 Å². The number of rotatable bonds is 6.